The van der Waals surface area contributed by atoms with E-state index >= 15 is 0 Å². The van der Waals surface area contributed by atoms with Gasteiger partial charge in [-0.15, -0.1) is 0 Å². The minimum absolute atomic E-state index is 0.113. The molecule has 0 radical (unpaired) electrons. The van der Waals surface area contributed by atoms with Gasteiger partial charge in [0.2, 0.25) is 0 Å². The molecule has 10 aromatic carbocycles. The smallest absolute Gasteiger partial charge is 0.260 e. The summed E-state index contributed by atoms with van der Waals surface area (Å²) in [6, 6.07) is 79.4. The summed E-state index contributed by atoms with van der Waals surface area (Å²) in [4.78, 5) is 2.33. The number of hydrogen-bond acceptors (Lipinski definition) is 4. The van der Waals surface area contributed by atoms with Crippen LogP contribution >= 0.6 is 0 Å². The standard InChI is InChI=1S/C61H40BNO3/c1-39-28-29-44(40-16-6-2-7-17-40)34-54(39)63(53-27-15-26-50-49-25-14-24-48(60(49)66-61(50)53)43-22-12-5-13-23-43)47-37-57-59-58(38-47)65-56-36-46(42-20-10-4-11-21-42)31-33-52(56)62(59)51-32-30-45(35-55(51)64-57)41-18-8-3-9-19-41/h2-38H,1H3. The highest BCUT2D eigenvalue weighted by Gasteiger charge is 2.41. The molecule has 4 nitrogen and oxygen atoms in total. The average Bonchev–Trinajstić information content (AvgIpc) is 3.77. The Bertz CT molecular complexity index is 3550. The van der Waals surface area contributed by atoms with E-state index in [0.29, 0.717) is 0 Å². The first kappa shape index (κ1) is 38.0. The van der Waals surface area contributed by atoms with Crippen molar-refractivity contribution in [2.45, 2.75) is 6.92 Å². The van der Waals surface area contributed by atoms with Crippen LogP contribution in [-0.4, -0.2) is 6.71 Å². The maximum atomic E-state index is 7.15. The molecule has 5 heteroatoms. The van der Waals surface area contributed by atoms with E-state index in [1.807, 2.05) is 6.07 Å². The fraction of sp³-hybridized carbons (Fsp3) is 0.0164. The van der Waals surface area contributed by atoms with Crippen LogP contribution in [0.15, 0.2) is 229 Å². The molecule has 0 bridgehead atoms. The third-order valence-corrected chi connectivity index (χ3v) is 13.3. The summed E-state index contributed by atoms with van der Waals surface area (Å²) in [5.41, 5.74) is 17.7. The van der Waals surface area contributed by atoms with E-state index in [1.165, 1.54) is 0 Å². The molecule has 310 valence electrons. The van der Waals surface area contributed by atoms with Crippen LogP contribution in [0.4, 0.5) is 17.1 Å². The number of furan rings is 1. The molecule has 0 fully saturated rings. The Kier molecular flexibility index (Phi) is 8.82. The SMILES string of the molecule is Cc1ccc(-c2ccccc2)cc1N(c1cc2c3c(c1)Oc1cc(-c4ccccc4)ccc1B3c1ccc(-c3ccccc3)cc1O2)c1cccc2c1oc1c(-c3ccccc3)cccc12. The minimum Gasteiger partial charge on any atom is -0.458 e. The largest absolute Gasteiger partial charge is 0.458 e. The summed E-state index contributed by atoms with van der Waals surface area (Å²) >= 11 is 0. The highest BCUT2D eigenvalue weighted by molar-refractivity contribution is 6.98. The van der Waals surface area contributed by atoms with Crippen molar-refractivity contribution in [1.82, 2.24) is 0 Å². The summed E-state index contributed by atoms with van der Waals surface area (Å²) in [5.74, 6) is 3.18. The highest BCUT2D eigenvalue weighted by Crippen LogP contribution is 2.48. The van der Waals surface area contributed by atoms with E-state index in [0.717, 1.165) is 128 Å². The molecule has 0 amide bonds. The lowest BCUT2D eigenvalue weighted by Crippen LogP contribution is -2.57. The average molecular weight is 846 g/mol. The molecule has 13 rings (SSSR count). The Labute approximate surface area is 383 Å². The molecule has 2 aliphatic rings. The molecule has 11 aromatic rings. The third-order valence-electron chi connectivity index (χ3n) is 13.3. The lowest BCUT2D eigenvalue weighted by atomic mass is 9.34. The molecule has 0 atom stereocenters. The lowest BCUT2D eigenvalue weighted by molar-refractivity contribution is 0.465. The number of fused-ring (bicyclic) bond motifs is 7. The number of para-hydroxylation sites is 2. The number of rotatable bonds is 7. The highest BCUT2D eigenvalue weighted by atomic mass is 16.5. The fourth-order valence-electron chi connectivity index (χ4n) is 10.1. The molecule has 66 heavy (non-hydrogen) atoms. The van der Waals surface area contributed by atoms with Gasteiger partial charge < -0.3 is 18.8 Å². The van der Waals surface area contributed by atoms with Crippen molar-refractivity contribution < 1.29 is 13.9 Å². The van der Waals surface area contributed by atoms with E-state index in [9.17, 15) is 0 Å². The van der Waals surface area contributed by atoms with Crippen LogP contribution in [0.25, 0.3) is 66.4 Å². The van der Waals surface area contributed by atoms with Gasteiger partial charge in [-0.3, -0.25) is 0 Å². The van der Waals surface area contributed by atoms with Crippen molar-refractivity contribution in [2.75, 3.05) is 4.90 Å². The Hall–Kier alpha value is -8.54. The van der Waals surface area contributed by atoms with Gasteiger partial charge in [-0.2, -0.15) is 0 Å². The predicted molar refractivity (Wildman–Crippen MR) is 273 cm³/mol. The maximum Gasteiger partial charge on any atom is 0.260 e. The molecule has 2 aliphatic heterocycles. The molecule has 0 unspecified atom stereocenters. The van der Waals surface area contributed by atoms with Crippen molar-refractivity contribution >= 4 is 62.1 Å². The second-order valence-corrected chi connectivity index (χ2v) is 17.2. The quantitative estimate of drug-likeness (QED) is 0.150. The van der Waals surface area contributed by atoms with Crippen LogP contribution in [0.3, 0.4) is 0 Å². The number of aryl methyl sites for hydroxylation is 1. The van der Waals surface area contributed by atoms with Gasteiger partial charge in [0.05, 0.1) is 11.4 Å². The van der Waals surface area contributed by atoms with E-state index in [1.54, 1.807) is 0 Å². The van der Waals surface area contributed by atoms with Gasteiger partial charge in [-0.25, -0.2) is 0 Å². The summed E-state index contributed by atoms with van der Waals surface area (Å²) in [7, 11) is 0. The predicted octanol–water partition coefficient (Wildman–Crippen LogP) is 14.8. The van der Waals surface area contributed by atoms with E-state index in [4.69, 9.17) is 13.9 Å². The van der Waals surface area contributed by atoms with Gasteiger partial charge in [0.25, 0.3) is 6.71 Å². The fourth-order valence-corrected chi connectivity index (χ4v) is 10.1. The Balaban J connectivity index is 1.06. The molecule has 0 spiro atoms. The first-order valence-corrected chi connectivity index (χ1v) is 22.5. The molecular weight excluding hydrogens is 805 g/mol. The first-order chi connectivity index (χ1) is 32.6. The van der Waals surface area contributed by atoms with Gasteiger partial charge in [-0.05, 0) is 86.6 Å². The summed E-state index contributed by atoms with van der Waals surface area (Å²) in [6.07, 6.45) is 0. The Morgan fingerprint density at radius 1 is 0.364 bits per heavy atom. The van der Waals surface area contributed by atoms with Gasteiger partial charge >= 0.3 is 0 Å². The van der Waals surface area contributed by atoms with Crippen LogP contribution in [0.1, 0.15) is 5.56 Å². The molecule has 1 aromatic heterocycles. The minimum atomic E-state index is -0.113. The Morgan fingerprint density at radius 3 is 1.41 bits per heavy atom. The molecule has 0 saturated carbocycles. The molecule has 0 aliphatic carbocycles. The Morgan fingerprint density at radius 2 is 0.848 bits per heavy atom. The van der Waals surface area contributed by atoms with Gasteiger partial charge in [0.1, 0.15) is 28.6 Å². The van der Waals surface area contributed by atoms with Gasteiger partial charge in [-0.1, -0.05) is 188 Å². The molecule has 0 N–H and O–H groups in total. The summed E-state index contributed by atoms with van der Waals surface area (Å²) in [5, 5.41) is 2.10. The number of benzene rings is 10. The van der Waals surface area contributed by atoms with E-state index < -0.39 is 0 Å². The second-order valence-electron chi connectivity index (χ2n) is 17.2. The zero-order valence-electron chi connectivity index (χ0n) is 36.1. The molecular formula is C61H40BNO3. The van der Waals surface area contributed by atoms with Gasteiger partial charge in [0.15, 0.2) is 5.58 Å². The van der Waals surface area contributed by atoms with Crippen molar-refractivity contribution in [3.8, 4) is 67.5 Å². The molecule has 0 saturated heterocycles. The number of ether oxygens (including phenoxy) is 2. The number of hydrogen-bond donors (Lipinski definition) is 0. The topological polar surface area (TPSA) is 34.8 Å². The van der Waals surface area contributed by atoms with Crippen LogP contribution in [0, 0.1) is 6.92 Å². The van der Waals surface area contributed by atoms with Gasteiger partial charge in [0, 0.05) is 39.6 Å². The number of nitrogens with zero attached hydrogens (tertiary/aromatic N) is 1. The monoisotopic (exact) mass is 845 g/mol. The van der Waals surface area contributed by atoms with Crippen LogP contribution in [0.5, 0.6) is 23.0 Å². The van der Waals surface area contributed by atoms with Crippen LogP contribution < -0.4 is 30.8 Å². The van der Waals surface area contributed by atoms with Crippen molar-refractivity contribution in [1.29, 1.82) is 0 Å². The summed E-state index contributed by atoms with van der Waals surface area (Å²) < 4.78 is 21.4. The number of anilines is 3. The van der Waals surface area contributed by atoms with Crippen molar-refractivity contribution in [2.24, 2.45) is 0 Å². The first-order valence-electron chi connectivity index (χ1n) is 22.5. The van der Waals surface area contributed by atoms with Crippen molar-refractivity contribution in [3.05, 3.63) is 230 Å². The van der Waals surface area contributed by atoms with Crippen LogP contribution in [0.2, 0.25) is 0 Å². The lowest BCUT2D eigenvalue weighted by Gasteiger charge is -2.35. The van der Waals surface area contributed by atoms with Crippen LogP contribution in [-0.2, 0) is 0 Å². The van der Waals surface area contributed by atoms with E-state index in [2.05, 4.69) is 230 Å². The normalized spacial score (nSPS) is 12.2. The zero-order valence-corrected chi connectivity index (χ0v) is 36.1. The zero-order chi connectivity index (χ0) is 43.7. The van der Waals surface area contributed by atoms with E-state index in [-0.39, 0.29) is 6.71 Å². The third kappa shape index (κ3) is 6.23. The molecule has 3 heterocycles. The van der Waals surface area contributed by atoms with Crippen molar-refractivity contribution in [3.63, 3.8) is 0 Å². The maximum absolute atomic E-state index is 7.15. The second kappa shape index (κ2) is 15.3. The summed E-state index contributed by atoms with van der Waals surface area (Å²) in [6.45, 7) is 2.07.